The minimum absolute atomic E-state index is 0.00552. The molecule has 0 bridgehead atoms. The van der Waals surface area contributed by atoms with E-state index in [0.717, 1.165) is 28.0 Å². The number of benzene rings is 2. The summed E-state index contributed by atoms with van der Waals surface area (Å²) < 4.78 is 44.3. The number of halogens is 2. The van der Waals surface area contributed by atoms with Crippen LogP contribution >= 0.6 is 11.3 Å². The van der Waals surface area contributed by atoms with Crippen LogP contribution < -0.4 is 20.5 Å². The second-order valence-corrected chi connectivity index (χ2v) is 9.23. The van der Waals surface area contributed by atoms with Gasteiger partial charge in [0, 0.05) is 23.4 Å². The third-order valence-electron chi connectivity index (χ3n) is 5.83. The van der Waals surface area contributed by atoms with Crippen LogP contribution in [0.1, 0.15) is 22.1 Å². The first-order chi connectivity index (χ1) is 18.7. The first-order valence-electron chi connectivity index (χ1n) is 11.5. The molecule has 3 N–H and O–H groups in total. The molecule has 1 aliphatic rings. The highest BCUT2D eigenvalue weighted by atomic mass is 32.1. The number of thiazole rings is 1. The van der Waals surface area contributed by atoms with Crippen LogP contribution in [0.4, 0.5) is 13.9 Å². The molecule has 1 atom stereocenters. The number of anilines is 1. The highest BCUT2D eigenvalue weighted by Gasteiger charge is 2.30. The lowest BCUT2D eigenvalue weighted by atomic mass is 10.0. The maximum atomic E-state index is 13.9. The van der Waals surface area contributed by atoms with Gasteiger partial charge in [-0.1, -0.05) is 0 Å². The van der Waals surface area contributed by atoms with Gasteiger partial charge in [-0.3, -0.25) is 4.79 Å². The van der Waals surface area contributed by atoms with Crippen LogP contribution in [-0.2, 0) is 16.0 Å². The van der Waals surface area contributed by atoms with E-state index in [0.29, 0.717) is 36.3 Å². The molecule has 0 saturated carbocycles. The van der Waals surface area contributed by atoms with Gasteiger partial charge in [0.05, 0.1) is 7.11 Å². The van der Waals surface area contributed by atoms with E-state index in [1.807, 2.05) is 0 Å². The average Bonchev–Trinajstić information content (AvgIpc) is 3.49. The second kappa shape index (κ2) is 10.6. The van der Waals surface area contributed by atoms with Gasteiger partial charge in [-0.25, -0.2) is 27.9 Å². The predicted molar refractivity (Wildman–Crippen MR) is 134 cm³/mol. The Morgan fingerprint density at radius 1 is 1.18 bits per heavy atom. The van der Waals surface area contributed by atoms with Crippen molar-refractivity contribution >= 4 is 28.3 Å². The molecule has 0 fully saturated rings. The molecule has 202 valence electrons. The molecule has 0 aliphatic carbocycles. The maximum Gasteiger partial charge on any atom is 0.357 e. The number of aromatic hydroxyl groups is 1. The Kier molecular flexibility index (Phi) is 7.02. The van der Waals surface area contributed by atoms with Crippen molar-refractivity contribution in [2.24, 2.45) is 0 Å². The number of hydrogen-bond donors (Lipinski definition) is 3. The molecule has 2 aromatic carbocycles. The number of rotatable bonds is 7. The molecule has 3 heterocycles. The molecule has 2 aromatic heterocycles. The number of imidazole rings is 1. The number of carbonyl (C=O) groups is 2. The number of nitrogens with zero attached hydrogens (tertiary/aromatic N) is 2. The van der Waals surface area contributed by atoms with E-state index in [9.17, 15) is 28.3 Å². The van der Waals surface area contributed by atoms with Crippen molar-refractivity contribution < 1.29 is 37.7 Å². The van der Waals surface area contributed by atoms with Crippen LogP contribution in [0, 0.1) is 11.6 Å². The number of hydrogen-bond acceptors (Lipinski definition) is 9. The fraction of sp³-hybridized carbons (Fsp3) is 0.200. The van der Waals surface area contributed by atoms with E-state index in [1.165, 1.54) is 12.5 Å². The average molecular weight is 559 g/mol. The van der Waals surface area contributed by atoms with E-state index >= 15 is 0 Å². The summed E-state index contributed by atoms with van der Waals surface area (Å²) >= 11 is 0.922. The number of methoxy groups -OCH3 is 1. The van der Waals surface area contributed by atoms with Crippen molar-refractivity contribution in [2.45, 2.75) is 12.5 Å². The number of H-pyrrole nitrogens is 1. The van der Waals surface area contributed by atoms with Crippen molar-refractivity contribution in [3.63, 3.8) is 0 Å². The number of carbonyl (C=O) groups excluding carboxylic acids is 2. The molecule has 0 saturated heterocycles. The number of aromatic amines is 1. The lowest BCUT2D eigenvalue weighted by molar-refractivity contribution is -0.119. The largest absolute Gasteiger partial charge is 0.493 e. The molecule has 11 nitrogen and oxygen atoms in total. The van der Waals surface area contributed by atoms with Crippen molar-refractivity contribution in [1.29, 1.82) is 0 Å². The Morgan fingerprint density at radius 3 is 2.62 bits per heavy atom. The molecule has 14 heteroatoms. The van der Waals surface area contributed by atoms with Crippen LogP contribution in [0.25, 0.3) is 11.3 Å². The van der Waals surface area contributed by atoms with Gasteiger partial charge in [0.2, 0.25) is 11.8 Å². The quantitative estimate of drug-likeness (QED) is 0.293. The third-order valence-corrected chi connectivity index (χ3v) is 6.59. The summed E-state index contributed by atoms with van der Waals surface area (Å²) in [6, 6.07) is 5.97. The summed E-state index contributed by atoms with van der Waals surface area (Å²) in [5.41, 5.74) is -0.503. The fourth-order valence-corrected chi connectivity index (χ4v) is 4.78. The molecule has 39 heavy (non-hydrogen) atoms. The Bertz CT molecular complexity index is 1610. The summed E-state index contributed by atoms with van der Waals surface area (Å²) in [5, 5.41) is 15.0. The molecule has 1 aliphatic heterocycles. The third kappa shape index (κ3) is 5.31. The number of fused-ring (bicyclic) bond motifs is 1. The summed E-state index contributed by atoms with van der Waals surface area (Å²) in [4.78, 5) is 44.7. The highest BCUT2D eigenvalue weighted by molar-refractivity contribution is 7.14. The minimum Gasteiger partial charge on any atom is -0.493 e. The van der Waals surface area contributed by atoms with Gasteiger partial charge in [-0.2, -0.15) is 0 Å². The van der Waals surface area contributed by atoms with Crippen molar-refractivity contribution in [2.75, 3.05) is 25.6 Å². The summed E-state index contributed by atoms with van der Waals surface area (Å²) in [5.74, 6) is -3.02. The van der Waals surface area contributed by atoms with Crippen LogP contribution in [0.3, 0.4) is 0 Å². The van der Waals surface area contributed by atoms with E-state index in [4.69, 9.17) is 9.47 Å². The normalized spacial score (nSPS) is 13.1. The molecule has 0 spiro atoms. The van der Waals surface area contributed by atoms with Gasteiger partial charge in [0.25, 0.3) is 0 Å². The standard InChI is InChI=1S/C25H20F2N4O7S/c1-36-23(34)16-11-39-24(28-16)30-21(32)17(8-12-6-14(26)10-15(27)7-12)31-22(33)20(29-25(31)35)13-2-3-18-19(9-13)38-5-4-37-18/h2-3,6-7,9-11,17,33H,4-5,8H2,1H3,(H,29,35)(H,28,30,32)/t17-/m0/s1. The van der Waals surface area contributed by atoms with E-state index in [2.05, 4.69) is 20.0 Å². The monoisotopic (exact) mass is 558 g/mol. The maximum absolute atomic E-state index is 13.9. The molecule has 0 unspecified atom stereocenters. The summed E-state index contributed by atoms with van der Waals surface area (Å²) in [6.07, 6.45) is -0.373. The first-order valence-corrected chi connectivity index (χ1v) is 12.3. The Balaban J connectivity index is 1.53. The van der Waals surface area contributed by atoms with Crippen LogP contribution in [0.5, 0.6) is 17.4 Å². The molecular formula is C25H20F2N4O7S. The van der Waals surface area contributed by atoms with Crippen LogP contribution in [0.2, 0.25) is 0 Å². The van der Waals surface area contributed by atoms with Gasteiger partial charge in [0.15, 0.2) is 22.3 Å². The van der Waals surface area contributed by atoms with Crippen LogP contribution in [-0.4, -0.2) is 51.8 Å². The van der Waals surface area contributed by atoms with Gasteiger partial charge in [0.1, 0.15) is 36.6 Å². The van der Waals surface area contributed by atoms with Gasteiger partial charge in [-0.05, 0) is 35.9 Å². The van der Waals surface area contributed by atoms with Crippen molar-refractivity contribution in [3.8, 4) is 28.6 Å². The highest BCUT2D eigenvalue weighted by Crippen LogP contribution is 2.37. The number of esters is 1. The lowest BCUT2D eigenvalue weighted by Crippen LogP contribution is -2.33. The van der Waals surface area contributed by atoms with Crippen molar-refractivity contribution in [1.82, 2.24) is 14.5 Å². The van der Waals surface area contributed by atoms with Gasteiger partial charge >= 0.3 is 11.7 Å². The predicted octanol–water partition coefficient (Wildman–Crippen LogP) is 3.26. The molecule has 4 aromatic rings. The SMILES string of the molecule is COC(=O)c1csc(NC(=O)[C@H](Cc2cc(F)cc(F)c2)n2c(O)c(-c3ccc4c(c3)OCCO4)[nH]c2=O)n1. The van der Waals surface area contributed by atoms with Crippen molar-refractivity contribution in [3.05, 3.63) is 75.2 Å². The summed E-state index contributed by atoms with van der Waals surface area (Å²) in [6.45, 7) is 0.698. The zero-order chi connectivity index (χ0) is 27.7. The van der Waals surface area contributed by atoms with E-state index in [-0.39, 0.29) is 28.5 Å². The minimum atomic E-state index is -1.48. The Morgan fingerprint density at radius 2 is 1.90 bits per heavy atom. The van der Waals surface area contributed by atoms with Crippen LogP contribution in [0.15, 0.2) is 46.6 Å². The smallest absolute Gasteiger partial charge is 0.357 e. The van der Waals surface area contributed by atoms with Gasteiger partial charge < -0.3 is 29.6 Å². The van der Waals surface area contributed by atoms with E-state index < -0.39 is 41.1 Å². The number of ether oxygens (including phenoxy) is 3. The second-order valence-electron chi connectivity index (χ2n) is 8.37. The zero-order valence-corrected chi connectivity index (χ0v) is 21.0. The molecule has 5 rings (SSSR count). The lowest BCUT2D eigenvalue weighted by Gasteiger charge is -2.19. The fourth-order valence-electron chi connectivity index (χ4n) is 4.10. The number of amides is 1. The molecule has 0 radical (unpaired) electrons. The zero-order valence-electron chi connectivity index (χ0n) is 20.2. The number of aromatic nitrogens is 3. The molecular weight excluding hydrogens is 538 g/mol. The Labute approximate surface area is 222 Å². The number of nitrogens with one attached hydrogen (secondary N) is 2. The topological polar surface area (TPSA) is 145 Å². The first kappa shape index (κ1) is 25.9. The van der Waals surface area contributed by atoms with Gasteiger partial charge in [-0.15, -0.1) is 11.3 Å². The Hall–Kier alpha value is -4.72. The molecule has 1 amide bonds. The van der Waals surface area contributed by atoms with E-state index in [1.54, 1.807) is 18.2 Å². The summed E-state index contributed by atoms with van der Waals surface area (Å²) in [7, 11) is 1.18.